The van der Waals surface area contributed by atoms with Crippen LogP contribution in [0.15, 0.2) is 42.6 Å². The number of carbonyl (C=O) groups is 1. The predicted octanol–water partition coefficient (Wildman–Crippen LogP) is 3.11. The zero-order chi connectivity index (χ0) is 20.4. The van der Waals surface area contributed by atoms with E-state index in [0.717, 1.165) is 37.4 Å². The Morgan fingerprint density at radius 1 is 1.24 bits per heavy atom. The van der Waals surface area contributed by atoms with Crippen molar-refractivity contribution in [1.29, 1.82) is 0 Å². The molecule has 2 aromatic heterocycles. The monoisotopic (exact) mass is 414 g/mol. The van der Waals surface area contributed by atoms with Gasteiger partial charge in [-0.15, -0.1) is 10.2 Å². The number of nitrogens with zero attached hydrogens (tertiary/aromatic N) is 5. The van der Waals surface area contributed by atoms with E-state index in [1.165, 1.54) is 18.2 Å². The average Bonchev–Trinajstić information content (AvgIpc) is 3.14. The van der Waals surface area contributed by atoms with Crippen LogP contribution in [0.2, 0.25) is 5.02 Å². The fraction of sp³-hybridized carbons (Fsp3) is 0.316. The van der Waals surface area contributed by atoms with Crippen molar-refractivity contribution in [2.75, 3.05) is 25.0 Å². The molecule has 0 atom stereocenters. The lowest BCUT2D eigenvalue weighted by atomic mass is 9.96. The molecule has 0 bridgehead atoms. The summed E-state index contributed by atoms with van der Waals surface area (Å²) in [4.78, 5) is 24.7. The van der Waals surface area contributed by atoms with Gasteiger partial charge in [-0.2, -0.15) is 0 Å². The largest absolute Gasteiger partial charge is 0.324 e. The Labute approximate surface area is 171 Å². The summed E-state index contributed by atoms with van der Waals surface area (Å²) < 4.78 is 2.02. The molecule has 3 heterocycles. The highest BCUT2D eigenvalue weighted by atomic mass is 35.5. The third kappa shape index (κ3) is 4.20. The van der Waals surface area contributed by atoms with Gasteiger partial charge in [0.15, 0.2) is 5.65 Å². The summed E-state index contributed by atoms with van der Waals surface area (Å²) in [7, 11) is 0. The molecule has 1 amide bonds. The van der Waals surface area contributed by atoms with Crippen LogP contribution < -0.4 is 5.32 Å². The van der Waals surface area contributed by atoms with Gasteiger partial charge in [-0.25, -0.2) is 0 Å². The number of piperidine rings is 1. The zero-order valence-electron chi connectivity index (χ0n) is 15.5. The van der Waals surface area contributed by atoms with Crippen molar-refractivity contribution in [2.24, 2.45) is 0 Å². The van der Waals surface area contributed by atoms with Crippen LogP contribution in [0.1, 0.15) is 24.6 Å². The number of nitrogens with one attached hydrogen (secondary N) is 1. The minimum Gasteiger partial charge on any atom is -0.324 e. The topological polar surface area (TPSA) is 106 Å². The average molecular weight is 415 g/mol. The summed E-state index contributed by atoms with van der Waals surface area (Å²) >= 11 is 6.04. The van der Waals surface area contributed by atoms with Crippen LogP contribution in [-0.4, -0.2) is 50.0 Å². The van der Waals surface area contributed by atoms with Gasteiger partial charge in [-0.05, 0) is 44.1 Å². The summed E-state index contributed by atoms with van der Waals surface area (Å²) in [6.45, 7) is 1.78. The molecule has 1 N–H and O–H groups in total. The van der Waals surface area contributed by atoms with Crippen molar-refractivity contribution in [3.8, 4) is 0 Å². The smallest absolute Gasteiger partial charge is 0.271 e. The zero-order valence-corrected chi connectivity index (χ0v) is 16.2. The molecule has 10 heteroatoms. The number of fused-ring (bicyclic) bond motifs is 1. The number of aromatic nitrogens is 3. The van der Waals surface area contributed by atoms with Gasteiger partial charge in [0.1, 0.15) is 5.82 Å². The summed E-state index contributed by atoms with van der Waals surface area (Å²) in [5.41, 5.74) is 1.09. The van der Waals surface area contributed by atoms with Crippen LogP contribution in [0.3, 0.4) is 0 Å². The van der Waals surface area contributed by atoms with Gasteiger partial charge in [0.05, 0.1) is 22.2 Å². The van der Waals surface area contributed by atoms with Crippen molar-refractivity contribution >= 4 is 34.5 Å². The van der Waals surface area contributed by atoms with Crippen molar-refractivity contribution in [3.05, 3.63) is 63.6 Å². The number of non-ortho nitro benzene ring substituents is 1. The van der Waals surface area contributed by atoms with Gasteiger partial charge in [-0.3, -0.25) is 24.2 Å². The van der Waals surface area contributed by atoms with E-state index in [1.54, 1.807) is 0 Å². The van der Waals surface area contributed by atoms with E-state index in [-0.39, 0.29) is 23.2 Å². The van der Waals surface area contributed by atoms with E-state index < -0.39 is 4.92 Å². The molecule has 0 spiro atoms. The number of nitro groups is 1. The highest BCUT2D eigenvalue weighted by Crippen LogP contribution is 2.28. The number of amides is 1. The first-order valence-corrected chi connectivity index (χ1v) is 9.65. The second kappa shape index (κ2) is 8.14. The molecule has 0 unspecified atom stereocenters. The van der Waals surface area contributed by atoms with E-state index >= 15 is 0 Å². The number of halogens is 1. The number of carbonyl (C=O) groups excluding carboxylic acids is 1. The van der Waals surface area contributed by atoms with Crippen LogP contribution in [0.25, 0.3) is 5.65 Å². The third-order valence-corrected chi connectivity index (χ3v) is 5.41. The van der Waals surface area contributed by atoms with Crippen LogP contribution in [-0.2, 0) is 4.79 Å². The molecule has 4 rings (SSSR count). The molecule has 0 radical (unpaired) electrons. The minimum absolute atomic E-state index is 0.115. The molecule has 1 fully saturated rings. The molecule has 1 aliphatic rings. The Kier molecular flexibility index (Phi) is 5.41. The minimum atomic E-state index is -0.528. The quantitative estimate of drug-likeness (QED) is 0.508. The first-order chi connectivity index (χ1) is 14.0. The van der Waals surface area contributed by atoms with Crippen molar-refractivity contribution in [1.82, 2.24) is 19.5 Å². The molecule has 1 saturated heterocycles. The molecule has 9 nitrogen and oxygen atoms in total. The number of anilines is 1. The highest BCUT2D eigenvalue weighted by molar-refractivity contribution is 6.34. The van der Waals surface area contributed by atoms with Crippen molar-refractivity contribution in [3.63, 3.8) is 0 Å². The predicted molar refractivity (Wildman–Crippen MR) is 108 cm³/mol. The second-order valence-corrected chi connectivity index (χ2v) is 7.41. The Bertz CT molecular complexity index is 1060. The Balaban J connectivity index is 1.32. The number of likely N-dealkylation sites (tertiary alicyclic amines) is 1. The van der Waals surface area contributed by atoms with E-state index in [1.807, 2.05) is 28.8 Å². The fourth-order valence-electron chi connectivity index (χ4n) is 3.60. The standard InChI is InChI=1S/C19H19ClN6O3/c20-15-11-14(26(28)29)4-5-16(15)21-18(27)12-24-9-6-13(7-10-24)19-23-22-17-3-1-2-8-25(17)19/h1-5,8,11,13H,6-7,9-10,12H2,(H,21,27). The molecule has 1 aromatic carbocycles. The molecular formula is C19H19ClN6O3. The molecule has 29 heavy (non-hydrogen) atoms. The summed E-state index contributed by atoms with van der Waals surface area (Å²) in [5, 5.41) is 22.2. The van der Waals surface area contributed by atoms with Gasteiger partial charge >= 0.3 is 0 Å². The van der Waals surface area contributed by atoms with Gasteiger partial charge in [0.2, 0.25) is 5.91 Å². The van der Waals surface area contributed by atoms with Crippen LogP contribution >= 0.6 is 11.6 Å². The SMILES string of the molecule is O=C(CN1CCC(c2nnc3ccccn23)CC1)Nc1ccc([N+](=O)[O-])cc1Cl. The van der Waals surface area contributed by atoms with Gasteiger partial charge in [0.25, 0.3) is 5.69 Å². The Morgan fingerprint density at radius 3 is 2.76 bits per heavy atom. The van der Waals surface area contributed by atoms with Gasteiger partial charge < -0.3 is 5.32 Å². The molecule has 0 saturated carbocycles. The first-order valence-electron chi connectivity index (χ1n) is 9.27. The number of rotatable bonds is 5. The van der Waals surface area contributed by atoms with Crippen LogP contribution in [0.4, 0.5) is 11.4 Å². The molecule has 150 valence electrons. The van der Waals surface area contributed by atoms with Crippen molar-refractivity contribution < 1.29 is 9.72 Å². The van der Waals surface area contributed by atoms with Gasteiger partial charge in [-0.1, -0.05) is 17.7 Å². The lowest BCUT2D eigenvalue weighted by molar-refractivity contribution is -0.384. The molecule has 1 aliphatic heterocycles. The Hall–Kier alpha value is -3.04. The van der Waals surface area contributed by atoms with E-state index in [2.05, 4.69) is 20.4 Å². The van der Waals surface area contributed by atoms with Crippen molar-refractivity contribution in [2.45, 2.75) is 18.8 Å². The van der Waals surface area contributed by atoms with Crippen LogP contribution in [0, 0.1) is 10.1 Å². The summed E-state index contributed by atoms with van der Waals surface area (Å²) in [6.07, 6.45) is 3.75. The number of benzene rings is 1. The fourth-order valence-corrected chi connectivity index (χ4v) is 3.82. The molecule has 0 aliphatic carbocycles. The third-order valence-electron chi connectivity index (χ3n) is 5.10. The van der Waals surface area contributed by atoms with E-state index in [0.29, 0.717) is 11.6 Å². The number of hydrogen-bond acceptors (Lipinski definition) is 6. The maximum Gasteiger partial charge on any atom is 0.271 e. The molecular weight excluding hydrogens is 396 g/mol. The lowest BCUT2D eigenvalue weighted by Crippen LogP contribution is -2.39. The van der Waals surface area contributed by atoms with Crippen LogP contribution in [0.5, 0.6) is 0 Å². The van der Waals surface area contributed by atoms with E-state index in [9.17, 15) is 14.9 Å². The van der Waals surface area contributed by atoms with E-state index in [4.69, 9.17) is 11.6 Å². The molecule has 3 aromatic rings. The maximum atomic E-state index is 12.4. The number of nitro benzene ring substituents is 1. The summed E-state index contributed by atoms with van der Waals surface area (Å²) in [6, 6.07) is 9.82. The van der Waals surface area contributed by atoms with Gasteiger partial charge in [0, 0.05) is 24.2 Å². The second-order valence-electron chi connectivity index (χ2n) is 7.01. The lowest BCUT2D eigenvalue weighted by Gasteiger charge is -2.30. The summed E-state index contributed by atoms with van der Waals surface area (Å²) in [5.74, 6) is 1.06. The number of pyridine rings is 1. The first kappa shape index (κ1) is 19.3. The normalized spacial score (nSPS) is 15.5. The number of hydrogen-bond donors (Lipinski definition) is 1. The highest BCUT2D eigenvalue weighted by Gasteiger charge is 2.25. The Morgan fingerprint density at radius 2 is 2.03 bits per heavy atom. The maximum absolute atomic E-state index is 12.4.